The average Bonchev–Trinajstić information content (AvgIpc) is 2.18. The summed E-state index contributed by atoms with van der Waals surface area (Å²) < 4.78 is 0. The Hall–Kier alpha value is -0.900. The lowest BCUT2D eigenvalue weighted by atomic mass is 9.88. The standard InChI is InChI=1S/C11H19NO3/c1-8(11(14)15)7-10(13)9-3-5-12(2)6-4-9/h8-9H,3-7H2,1-2H3,(H,14,15). The van der Waals surface area contributed by atoms with Gasteiger partial charge < -0.3 is 10.0 Å². The van der Waals surface area contributed by atoms with Gasteiger partial charge in [0.25, 0.3) is 0 Å². The largest absolute Gasteiger partial charge is 0.481 e. The molecule has 1 fully saturated rings. The molecule has 0 aromatic rings. The molecule has 0 aliphatic carbocycles. The molecule has 1 aliphatic heterocycles. The molecule has 1 atom stereocenters. The predicted molar refractivity (Wildman–Crippen MR) is 56.6 cm³/mol. The Balaban J connectivity index is 2.37. The normalized spacial score (nSPS) is 21.2. The van der Waals surface area contributed by atoms with Crippen molar-refractivity contribution in [2.45, 2.75) is 26.2 Å². The van der Waals surface area contributed by atoms with Crippen molar-refractivity contribution in [3.05, 3.63) is 0 Å². The molecule has 1 rings (SSSR count). The third-order valence-electron chi connectivity index (χ3n) is 3.10. The van der Waals surface area contributed by atoms with Gasteiger partial charge in [0, 0.05) is 12.3 Å². The first-order valence-corrected chi connectivity index (χ1v) is 5.44. The van der Waals surface area contributed by atoms with Crippen LogP contribution in [-0.2, 0) is 9.59 Å². The number of aliphatic carboxylic acids is 1. The number of Topliss-reactive ketones (excluding diaryl/α,β-unsaturated/α-hetero) is 1. The summed E-state index contributed by atoms with van der Waals surface area (Å²) in [5.41, 5.74) is 0. The fourth-order valence-corrected chi connectivity index (χ4v) is 1.89. The highest BCUT2D eigenvalue weighted by molar-refractivity contribution is 5.85. The minimum Gasteiger partial charge on any atom is -0.481 e. The highest BCUT2D eigenvalue weighted by Gasteiger charge is 2.26. The Kier molecular flexibility index (Phi) is 4.27. The molecule has 86 valence electrons. The fraction of sp³-hybridized carbons (Fsp3) is 0.818. The number of hydrogen-bond donors (Lipinski definition) is 1. The van der Waals surface area contributed by atoms with Crippen molar-refractivity contribution in [2.75, 3.05) is 20.1 Å². The van der Waals surface area contributed by atoms with E-state index in [1.165, 1.54) is 0 Å². The number of rotatable bonds is 4. The van der Waals surface area contributed by atoms with Crippen LogP contribution in [0.2, 0.25) is 0 Å². The number of hydrogen-bond acceptors (Lipinski definition) is 3. The minimum atomic E-state index is -0.878. The Bertz CT molecular complexity index is 244. The molecule has 0 radical (unpaired) electrons. The molecule has 1 unspecified atom stereocenters. The van der Waals surface area contributed by atoms with E-state index in [0.717, 1.165) is 25.9 Å². The van der Waals surface area contributed by atoms with Crippen LogP contribution in [0.3, 0.4) is 0 Å². The van der Waals surface area contributed by atoms with Crippen molar-refractivity contribution >= 4 is 11.8 Å². The van der Waals surface area contributed by atoms with Crippen molar-refractivity contribution in [3.63, 3.8) is 0 Å². The number of piperidine rings is 1. The van der Waals surface area contributed by atoms with Crippen LogP contribution in [0.1, 0.15) is 26.2 Å². The van der Waals surface area contributed by atoms with Crippen LogP contribution >= 0.6 is 0 Å². The van der Waals surface area contributed by atoms with E-state index in [0.29, 0.717) is 0 Å². The van der Waals surface area contributed by atoms with Crippen LogP contribution < -0.4 is 0 Å². The van der Waals surface area contributed by atoms with E-state index in [9.17, 15) is 9.59 Å². The first-order valence-electron chi connectivity index (χ1n) is 5.44. The SMILES string of the molecule is CC(CC(=O)C1CCN(C)CC1)C(=O)O. The molecule has 0 aromatic carbocycles. The molecular weight excluding hydrogens is 194 g/mol. The molecule has 0 spiro atoms. The van der Waals surface area contributed by atoms with Crippen molar-refractivity contribution in [3.8, 4) is 0 Å². The molecule has 1 N–H and O–H groups in total. The Morgan fingerprint density at radius 1 is 1.40 bits per heavy atom. The zero-order valence-corrected chi connectivity index (χ0v) is 9.40. The van der Waals surface area contributed by atoms with Crippen LogP contribution in [0.4, 0.5) is 0 Å². The number of ketones is 1. The fourth-order valence-electron chi connectivity index (χ4n) is 1.89. The van der Waals surface area contributed by atoms with Gasteiger partial charge in [-0.3, -0.25) is 9.59 Å². The van der Waals surface area contributed by atoms with Gasteiger partial charge in [0.2, 0.25) is 0 Å². The van der Waals surface area contributed by atoms with E-state index in [1.807, 2.05) is 7.05 Å². The minimum absolute atomic E-state index is 0.0861. The third kappa shape index (κ3) is 3.63. The smallest absolute Gasteiger partial charge is 0.306 e. The Morgan fingerprint density at radius 3 is 2.40 bits per heavy atom. The second-order valence-corrected chi connectivity index (χ2v) is 4.49. The zero-order valence-electron chi connectivity index (χ0n) is 9.40. The van der Waals surface area contributed by atoms with Gasteiger partial charge in [0.15, 0.2) is 0 Å². The van der Waals surface area contributed by atoms with E-state index in [2.05, 4.69) is 4.90 Å². The molecule has 0 bridgehead atoms. The lowest BCUT2D eigenvalue weighted by Gasteiger charge is -2.28. The van der Waals surface area contributed by atoms with Crippen molar-refractivity contribution in [1.29, 1.82) is 0 Å². The quantitative estimate of drug-likeness (QED) is 0.757. The second kappa shape index (κ2) is 5.26. The summed E-state index contributed by atoms with van der Waals surface area (Å²) in [4.78, 5) is 24.5. The summed E-state index contributed by atoms with van der Waals surface area (Å²) in [6.45, 7) is 3.48. The number of likely N-dealkylation sites (tertiary alicyclic amines) is 1. The number of carbonyl (C=O) groups excluding carboxylic acids is 1. The number of carboxylic acids is 1. The van der Waals surface area contributed by atoms with Gasteiger partial charge in [-0.15, -0.1) is 0 Å². The lowest BCUT2D eigenvalue weighted by Crippen LogP contribution is -2.34. The van der Waals surface area contributed by atoms with Gasteiger partial charge >= 0.3 is 5.97 Å². The van der Waals surface area contributed by atoms with Crippen molar-refractivity contribution in [1.82, 2.24) is 4.90 Å². The molecular formula is C11H19NO3. The molecule has 1 aliphatic rings. The van der Waals surface area contributed by atoms with E-state index < -0.39 is 11.9 Å². The first-order chi connectivity index (χ1) is 7.00. The van der Waals surface area contributed by atoms with Gasteiger partial charge in [0.05, 0.1) is 5.92 Å². The van der Waals surface area contributed by atoms with Crippen LogP contribution in [0, 0.1) is 11.8 Å². The van der Waals surface area contributed by atoms with E-state index >= 15 is 0 Å². The van der Waals surface area contributed by atoms with Crippen molar-refractivity contribution in [2.24, 2.45) is 11.8 Å². The predicted octanol–water partition coefficient (Wildman–Crippen LogP) is 1.01. The van der Waals surface area contributed by atoms with Crippen LogP contribution in [-0.4, -0.2) is 41.9 Å². The van der Waals surface area contributed by atoms with E-state index in [-0.39, 0.29) is 18.1 Å². The molecule has 0 amide bonds. The summed E-state index contributed by atoms with van der Waals surface area (Å²) in [5.74, 6) is -1.21. The maximum atomic E-state index is 11.7. The summed E-state index contributed by atoms with van der Waals surface area (Å²) in [6, 6.07) is 0. The molecule has 15 heavy (non-hydrogen) atoms. The highest BCUT2D eigenvalue weighted by Crippen LogP contribution is 2.20. The summed E-state index contributed by atoms with van der Waals surface area (Å²) in [5, 5.41) is 8.71. The topological polar surface area (TPSA) is 57.6 Å². The van der Waals surface area contributed by atoms with Gasteiger partial charge in [-0.2, -0.15) is 0 Å². The van der Waals surface area contributed by atoms with Crippen LogP contribution in [0.5, 0.6) is 0 Å². The summed E-state index contributed by atoms with van der Waals surface area (Å²) in [6.07, 6.45) is 1.94. The third-order valence-corrected chi connectivity index (χ3v) is 3.10. The number of carbonyl (C=O) groups is 2. The molecule has 4 heteroatoms. The maximum absolute atomic E-state index is 11.7. The number of nitrogens with zero attached hydrogens (tertiary/aromatic N) is 1. The second-order valence-electron chi connectivity index (χ2n) is 4.49. The van der Waals surface area contributed by atoms with E-state index in [1.54, 1.807) is 6.92 Å². The maximum Gasteiger partial charge on any atom is 0.306 e. The lowest BCUT2D eigenvalue weighted by molar-refractivity contribution is -0.143. The average molecular weight is 213 g/mol. The highest BCUT2D eigenvalue weighted by atomic mass is 16.4. The van der Waals surface area contributed by atoms with E-state index in [4.69, 9.17) is 5.11 Å². The Labute approximate surface area is 90.3 Å². The number of carboxylic acid groups (broad SMARTS) is 1. The van der Waals surface area contributed by atoms with Crippen LogP contribution in [0.15, 0.2) is 0 Å². The first kappa shape index (κ1) is 12.2. The molecule has 1 heterocycles. The molecule has 1 saturated heterocycles. The summed E-state index contributed by atoms with van der Waals surface area (Å²) >= 11 is 0. The molecule has 0 saturated carbocycles. The van der Waals surface area contributed by atoms with Gasteiger partial charge in [0.1, 0.15) is 5.78 Å². The monoisotopic (exact) mass is 213 g/mol. The molecule has 0 aromatic heterocycles. The van der Waals surface area contributed by atoms with Gasteiger partial charge in [-0.25, -0.2) is 0 Å². The van der Waals surface area contributed by atoms with Crippen molar-refractivity contribution < 1.29 is 14.7 Å². The zero-order chi connectivity index (χ0) is 11.4. The Morgan fingerprint density at radius 2 is 1.93 bits per heavy atom. The molecule has 4 nitrogen and oxygen atoms in total. The van der Waals surface area contributed by atoms with Gasteiger partial charge in [-0.05, 0) is 33.0 Å². The summed E-state index contributed by atoms with van der Waals surface area (Å²) in [7, 11) is 2.04. The van der Waals surface area contributed by atoms with Gasteiger partial charge in [-0.1, -0.05) is 6.92 Å². The van der Waals surface area contributed by atoms with Crippen LogP contribution in [0.25, 0.3) is 0 Å².